The van der Waals surface area contributed by atoms with Gasteiger partial charge in [0.1, 0.15) is 0 Å². The standard InChI is InChI=1S/C14H18O6/c15-13(16)11(9-5-19-9)7-3-1-2-4-8(7)12(14(17)18)10-6-20-10/h1-2,7-12H,3-6H2,(H,15,16)(H,17,18). The summed E-state index contributed by atoms with van der Waals surface area (Å²) in [6, 6.07) is 0. The molecule has 0 spiro atoms. The van der Waals surface area contributed by atoms with Gasteiger partial charge in [-0.3, -0.25) is 9.59 Å². The number of allylic oxidation sites excluding steroid dienone is 2. The minimum atomic E-state index is -0.890. The Bertz CT molecular complexity index is 397. The Morgan fingerprint density at radius 2 is 1.25 bits per heavy atom. The summed E-state index contributed by atoms with van der Waals surface area (Å²) in [5.74, 6) is -3.42. The maximum Gasteiger partial charge on any atom is 0.309 e. The summed E-state index contributed by atoms with van der Waals surface area (Å²) in [5.41, 5.74) is 0. The summed E-state index contributed by atoms with van der Waals surface area (Å²) in [4.78, 5) is 23.0. The van der Waals surface area contributed by atoms with Crippen LogP contribution in [-0.2, 0) is 19.1 Å². The second-order valence-electron chi connectivity index (χ2n) is 5.74. The number of carboxylic acids is 2. The van der Waals surface area contributed by atoms with Crippen LogP contribution in [0.2, 0.25) is 0 Å². The van der Waals surface area contributed by atoms with E-state index >= 15 is 0 Å². The summed E-state index contributed by atoms with van der Waals surface area (Å²) in [5, 5.41) is 18.9. The molecule has 2 N–H and O–H groups in total. The number of carboxylic acid groups (broad SMARTS) is 2. The molecule has 0 radical (unpaired) electrons. The molecular formula is C14H18O6. The van der Waals surface area contributed by atoms with Crippen LogP contribution in [0.4, 0.5) is 0 Å². The van der Waals surface area contributed by atoms with Crippen molar-refractivity contribution in [1.29, 1.82) is 0 Å². The number of hydrogen-bond acceptors (Lipinski definition) is 4. The number of epoxide rings is 2. The molecule has 0 aromatic rings. The van der Waals surface area contributed by atoms with Crippen molar-refractivity contribution < 1.29 is 29.3 Å². The van der Waals surface area contributed by atoms with E-state index in [9.17, 15) is 19.8 Å². The first-order valence-corrected chi connectivity index (χ1v) is 6.93. The molecule has 0 aromatic carbocycles. The molecule has 0 aromatic heterocycles. The van der Waals surface area contributed by atoms with Gasteiger partial charge in [-0.05, 0) is 24.7 Å². The number of ether oxygens (including phenoxy) is 2. The molecule has 6 unspecified atom stereocenters. The highest BCUT2D eigenvalue weighted by molar-refractivity contribution is 5.73. The molecule has 0 saturated carbocycles. The van der Waals surface area contributed by atoms with E-state index in [2.05, 4.69) is 0 Å². The maximum absolute atomic E-state index is 11.5. The Kier molecular flexibility index (Phi) is 3.52. The van der Waals surface area contributed by atoms with Crippen molar-refractivity contribution in [2.75, 3.05) is 13.2 Å². The maximum atomic E-state index is 11.5. The SMILES string of the molecule is O=C(O)C(C1CO1)C1CC=CCC1C(C(=O)O)C1CO1. The highest BCUT2D eigenvalue weighted by atomic mass is 16.6. The van der Waals surface area contributed by atoms with E-state index in [4.69, 9.17) is 9.47 Å². The first-order valence-electron chi connectivity index (χ1n) is 6.93. The lowest BCUT2D eigenvalue weighted by molar-refractivity contribution is -0.151. The van der Waals surface area contributed by atoms with Crippen molar-refractivity contribution >= 4 is 11.9 Å². The van der Waals surface area contributed by atoms with E-state index in [1.54, 1.807) is 0 Å². The highest BCUT2D eigenvalue weighted by Gasteiger charge is 2.52. The molecule has 3 aliphatic rings. The molecule has 2 aliphatic heterocycles. The fraction of sp³-hybridized carbons (Fsp3) is 0.714. The van der Waals surface area contributed by atoms with Crippen LogP contribution >= 0.6 is 0 Å². The molecule has 20 heavy (non-hydrogen) atoms. The predicted octanol–water partition coefficient (Wildman–Crippen LogP) is 0.768. The number of rotatable bonds is 6. The van der Waals surface area contributed by atoms with Crippen LogP contribution in [0, 0.1) is 23.7 Å². The van der Waals surface area contributed by atoms with E-state index in [1.807, 2.05) is 12.2 Å². The summed E-state index contributed by atoms with van der Waals surface area (Å²) >= 11 is 0. The van der Waals surface area contributed by atoms with Gasteiger partial charge < -0.3 is 19.7 Å². The molecule has 0 bridgehead atoms. The zero-order valence-electron chi connectivity index (χ0n) is 11.0. The van der Waals surface area contributed by atoms with Crippen molar-refractivity contribution in [3.8, 4) is 0 Å². The van der Waals surface area contributed by atoms with Crippen LogP contribution in [0.3, 0.4) is 0 Å². The van der Waals surface area contributed by atoms with Crippen molar-refractivity contribution in [2.24, 2.45) is 23.7 Å². The van der Waals surface area contributed by atoms with Crippen LogP contribution in [0.15, 0.2) is 12.2 Å². The molecule has 110 valence electrons. The summed E-state index contributed by atoms with van der Waals surface area (Å²) in [7, 11) is 0. The first kappa shape index (κ1) is 13.6. The summed E-state index contributed by atoms with van der Waals surface area (Å²) in [6.07, 6.45) is 4.57. The highest BCUT2D eigenvalue weighted by Crippen LogP contribution is 2.44. The van der Waals surface area contributed by atoms with Gasteiger partial charge in [-0.2, -0.15) is 0 Å². The topological polar surface area (TPSA) is 99.7 Å². The normalized spacial score (nSPS) is 38.0. The van der Waals surface area contributed by atoms with E-state index in [0.29, 0.717) is 26.1 Å². The molecule has 6 atom stereocenters. The average molecular weight is 282 g/mol. The van der Waals surface area contributed by atoms with Crippen LogP contribution < -0.4 is 0 Å². The zero-order valence-corrected chi connectivity index (χ0v) is 11.0. The lowest BCUT2D eigenvalue weighted by Gasteiger charge is -2.35. The smallest absolute Gasteiger partial charge is 0.309 e. The molecule has 6 nitrogen and oxygen atoms in total. The van der Waals surface area contributed by atoms with Gasteiger partial charge in [-0.15, -0.1) is 0 Å². The first-order chi connectivity index (χ1) is 9.59. The van der Waals surface area contributed by atoms with Gasteiger partial charge in [0.25, 0.3) is 0 Å². The van der Waals surface area contributed by atoms with E-state index in [0.717, 1.165) is 0 Å². The Morgan fingerprint density at radius 1 is 0.900 bits per heavy atom. The number of hydrogen-bond donors (Lipinski definition) is 2. The van der Waals surface area contributed by atoms with Gasteiger partial charge in [-0.1, -0.05) is 12.2 Å². The van der Waals surface area contributed by atoms with E-state index < -0.39 is 23.8 Å². The third-order valence-corrected chi connectivity index (χ3v) is 4.55. The van der Waals surface area contributed by atoms with Crippen molar-refractivity contribution in [1.82, 2.24) is 0 Å². The minimum absolute atomic E-state index is 0.199. The van der Waals surface area contributed by atoms with E-state index in [-0.39, 0.29) is 24.0 Å². The molecule has 6 heteroatoms. The van der Waals surface area contributed by atoms with Gasteiger partial charge in [0.15, 0.2) is 0 Å². The van der Waals surface area contributed by atoms with Crippen molar-refractivity contribution in [3.05, 3.63) is 12.2 Å². The Labute approximate surface area is 116 Å². The monoisotopic (exact) mass is 282 g/mol. The van der Waals surface area contributed by atoms with Crippen LogP contribution in [-0.4, -0.2) is 47.6 Å². The molecule has 3 rings (SSSR count). The molecule has 2 heterocycles. The van der Waals surface area contributed by atoms with Gasteiger partial charge in [0.05, 0.1) is 37.3 Å². The Balaban J connectivity index is 1.84. The Morgan fingerprint density at radius 3 is 1.50 bits per heavy atom. The lowest BCUT2D eigenvalue weighted by Crippen LogP contribution is -2.41. The quantitative estimate of drug-likeness (QED) is 0.551. The second-order valence-corrected chi connectivity index (χ2v) is 5.74. The Hall–Kier alpha value is -1.40. The van der Waals surface area contributed by atoms with Crippen LogP contribution in [0.5, 0.6) is 0 Å². The van der Waals surface area contributed by atoms with Crippen molar-refractivity contribution in [3.63, 3.8) is 0 Å². The fourth-order valence-corrected chi connectivity index (χ4v) is 3.44. The second kappa shape index (κ2) is 5.18. The average Bonchev–Trinajstić information content (AvgIpc) is 3.23. The zero-order chi connectivity index (χ0) is 14.3. The van der Waals surface area contributed by atoms with Crippen LogP contribution in [0.1, 0.15) is 12.8 Å². The molecule has 2 fully saturated rings. The molecule has 1 aliphatic carbocycles. The molecular weight excluding hydrogens is 264 g/mol. The van der Waals surface area contributed by atoms with Gasteiger partial charge in [0.2, 0.25) is 0 Å². The summed E-state index contributed by atoms with van der Waals surface area (Å²) in [6.45, 7) is 0.920. The predicted molar refractivity (Wildman–Crippen MR) is 67.1 cm³/mol. The molecule has 0 amide bonds. The lowest BCUT2D eigenvalue weighted by atomic mass is 9.68. The number of aliphatic carboxylic acids is 2. The van der Waals surface area contributed by atoms with E-state index in [1.165, 1.54) is 0 Å². The third kappa shape index (κ3) is 2.58. The third-order valence-electron chi connectivity index (χ3n) is 4.55. The molecule has 2 saturated heterocycles. The van der Waals surface area contributed by atoms with Gasteiger partial charge >= 0.3 is 11.9 Å². The fourth-order valence-electron chi connectivity index (χ4n) is 3.44. The summed E-state index contributed by atoms with van der Waals surface area (Å²) < 4.78 is 10.3. The van der Waals surface area contributed by atoms with Crippen molar-refractivity contribution in [2.45, 2.75) is 25.0 Å². The number of carbonyl (C=O) groups is 2. The van der Waals surface area contributed by atoms with Crippen LogP contribution in [0.25, 0.3) is 0 Å². The largest absolute Gasteiger partial charge is 0.481 e. The van der Waals surface area contributed by atoms with Gasteiger partial charge in [-0.25, -0.2) is 0 Å². The minimum Gasteiger partial charge on any atom is -0.481 e. The van der Waals surface area contributed by atoms with Gasteiger partial charge in [0, 0.05) is 0 Å².